The standard InChI is InChI=1S/C14H12N4O2S/c15-18-13(19)12-6-5-9(20-12)7-21-14-10-3-1-2-4-11(10)16-8-17-14/h1-6,8H,7,15H2,(H,18,19). The monoisotopic (exact) mass is 300 g/mol. The lowest BCUT2D eigenvalue weighted by Gasteiger charge is -2.03. The third-order valence-corrected chi connectivity index (χ3v) is 3.90. The van der Waals surface area contributed by atoms with Crippen molar-refractivity contribution in [2.45, 2.75) is 10.8 Å². The quantitative estimate of drug-likeness (QED) is 0.252. The first-order valence-corrected chi connectivity index (χ1v) is 7.18. The molecule has 0 atom stereocenters. The molecule has 6 nitrogen and oxygen atoms in total. The summed E-state index contributed by atoms with van der Waals surface area (Å²) in [4.78, 5) is 19.8. The van der Waals surface area contributed by atoms with Gasteiger partial charge in [-0.05, 0) is 18.2 Å². The Bertz CT molecular complexity index is 782. The topological polar surface area (TPSA) is 94.0 Å². The van der Waals surface area contributed by atoms with Crippen molar-refractivity contribution in [3.63, 3.8) is 0 Å². The first kappa shape index (κ1) is 13.6. The number of fused-ring (bicyclic) bond motifs is 1. The average Bonchev–Trinajstić information content (AvgIpc) is 3.01. The molecule has 2 heterocycles. The second-order valence-corrected chi connectivity index (χ2v) is 5.19. The van der Waals surface area contributed by atoms with Gasteiger partial charge >= 0.3 is 5.91 Å². The molecule has 0 saturated heterocycles. The lowest BCUT2D eigenvalue weighted by Crippen LogP contribution is -2.29. The van der Waals surface area contributed by atoms with E-state index in [0.717, 1.165) is 15.9 Å². The molecule has 0 aliphatic rings. The molecule has 3 N–H and O–H groups in total. The van der Waals surface area contributed by atoms with Gasteiger partial charge in [0.05, 0.1) is 11.3 Å². The average molecular weight is 300 g/mol. The molecule has 0 saturated carbocycles. The lowest BCUT2D eigenvalue weighted by molar-refractivity contribution is 0.0924. The summed E-state index contributed by atoms with van der Waals surface area (Å²) in [6.45, 7) is 0. The number of benzene rings is 1. The second kappa shape index (κ2) is 5.94. The van der Waals surface area contributed by atoms with Gasteiger partial charge in [-0.15, -0.1) is 0 Å². The smallest absolute Gasteiger partial charge is 0.300 e. The number of amides is 1. The maximum atomic E-state index is 11.3. The van der Waals surface area contributed by atoms with Crippen LogP contribution in [0.25, 0.3) is 10.9 Å². The van der Waals surface area contributed by atoms with E-state index >= 15 is 0 Å². The number of para-hydroxylation sites is 1. The van der Waals surface area contributed by atoms with Gasteiger partial charge < -0.3 is 4.42 Å². The van der Waals surface area contributed by atoms with Gasteiger partial charge in [-0.3, -0.25) is 10.2 Å². The van der Waals surface area contributed by atoms with Crippen LogP contribution in [0.3, 0.4) is 0 Å². The predicted octanol–water partition coefficient (Wildman–Crippen LogP) is 2.12. The van der Waals surface area contributed by atoms with Gasteiger partial charge in [0.25, 0.3) is 0 Å². The maximum absolute atomic E-state index is 11.3. The Balaban J connectivity index is 1.77. The number of aromatic nitrogens is 2. The molecule has 2 aromatic heterocycles. The van der Waals surface area contributed by atoms with Crippen molar-refractivity contribution in [1.82, 2.24) is 15.4 Å². The van der Waals surface area contributed by atoms with Crippen LogP contribution in [0.2, 0.25) is 0 Å². The lowest BCUT2D eigenvalue weighted by atomic mass is 10.2. The van der Waals surface area contributed by atoms with Gasteiger partial charge in [-0.25, -0.2) is 15.8 Å². The second-order valence-electron chi connectivity index (χ2n) is 4.22. The molecular formula is C14H12N4O2S. The summed E-state index contributed by atoms with van der Waals surface area (Å²) < 4.78 is 5.41. The molecule has 1 amide bonds. The number of nitrogens with zero attached hydrogens (tertiary/aromatic N) is 2. The van der Waals surface area contributed by atoms with Crippen LogP contribution >= 0.6 is 11.8 Å². The van der Waals surface area contributed by atoms with Gasteiger partial charge in [-0.2, -0.15) is 0 Å². The fraction of sp³-hybridized carbons (Fsp3) is 0.0714. The number of carbonyl (C=O) groups excluding carboxylic acids is 1. The molecule has 7 heteroatoms. The number of thioether (sulfide) groups is 1. The van der Waals surface area contributed by atoms with Crippen LogP contribution in [0.15, 0.2) is 52.2 Å². The van der Waals surface area contributed by atoms with E-state index in [1.165, 1.54) is 11.8 Å². The number of furan rings is 1. The van der Waals surface area contributed by atoms with E-state index in [1.807, 2.05) is 29.7 Å². The highest BCUT2D eigenvalue weighted by molar-refractivity contribution is 7.98. The Morgan fingerprint density at radius 3 is 2.95 bits per heavy atom. The number of hydrogen-bond donors (Lipinski definition) is 2. The Hall–Kier alpha value is -2.38. The highest BCUT2D eigenvalue weighted by Gasteiger charge is 2.10. The summed E-state index contributed by atoms with van der Waals surface area (Å²) in [6.07, 6.45) is 1.54. The maximum Gasteiger partial charge on any atom is 0.300 e. The molecule has 21 heavy (non-hydrogen) atoms. The fourth-order valence-corrected chi connectivity index (χ4v) is 2.77. The highest BCUT2D eigenvalue weighted by Crippen LogP contribution is 2.27. The Kier molecular flexibility index (Phi) is 3.85. The van der Waals surface area contributed by atoms with Crippen molar-refractivity contribution in [3.05, 3.63) is 54.2 Å². The molecule has 0 bridgehead atoms. The van der Waals surface area contributed by atoms with E-state index < -0.39 is 5.91 Å². The fourth-order valence-electron chi connectivity index (χ4n) is 1.88. The van der Waals surface area contributed by atoms with Crippen molar-refractivity contribution in [2.75, 3.05) is 0 Å². The van der Waals surface area contributed by atoms with Crippen LogP contribution in [0.1, 0.15) is 16.3 Å². The van der Waals surface area contributed by atoms with Crippen LogP contribution in [0, 0.1) is 0 Å². The number of hydrazine groups is 1. The molecule has 1 aromatic carbocycles. The zero-order valence-corrected chi connectivity index (χ0v) is 11.8. The van der Waals surface area contributed by atoms with Gasteiger partial charge in [-0.1, -0.05) is 30.0 Å². The summed E-state index contributed by atoms with van der Waals surface area (Å²) >= 11 is 1.53. The van der Waals surface area contributed by atoms with Crippen molar-refractivity contribution in [3.8, 4) is 0 Å². The molecule has 0 radical (unpaired) electrons. The van der Waals surface area contributed by atoms with Gasteiger partial charge in [0.1, 0.15) is 17.1 Å². The largest absolute Gasteiger partial charge is 0.455 e. The normalized spacial score (nSPS) is 10.7. The van der Waals surface area contributed by atoms with Crippen LogP contribution in [-0.2, 0) is 5.75 Å². The third-order valence-electron chi connectivity index (χ3n) is 2.87. The van der Waals surface area contributed by atoms with Crippen molar-refractivity contribution in [2.24, 2.45) is 5.84 Å². The minimum atomic E-state index is -0.446. The number of rotatable bonds is 4. The first-order chi connectivity index (χ1) is 10.3. The van der Waals surface area contributed by atoms with Gasteiger partial charge in [0, 0.05) is 5.39 Å². The molecular weight excluding hydrogens is 288 g/mol. The first-order valence-electron chi connectivity index (χ1n) is 6.20. The highest BCUT2D eigenvalue weighted by atomic mass is 32.2. The Morgan fingerprint density at radius 1 is 1.24 bits per heavy atom. The number of hydrogen-bond acceptors (Lipinski definition) is 6. The molecule has 0 fully saturated rings. The van der Waals surface area contributed by atoms with E-state index in [1.54, 1.807) is 18.5 Å². The predicted molar refractivity (Wildman–Crippen MR) is 79.5 cm³/mol. The van der Waals surface area contributed by atoms with Crippen LogP contribution in [0.4, 0.5) is 0 Å². The number of carbonyl (C=O) groups is 1. The van der Waals surface area contributed by atoms with E-state index in [4.69, 9.17) is 10.3 Å². The van der Waals surface area contributed by atoms with E-state index in [2.05, 4.69) is 9.97 Å². The van der Waals surface area contributed by atoms with Crippen molar-refractivity contribution < 1.29 is 9.21 Å². The molecule has 0 spiro atoms. The molecule has 0 aliphatic carbocycles. The summed E-state index contributed by atoms with van der Waals surface area (Å²) in [5.41, 5.74) is 2.93. The van der Waals surface area contributed by atoms with Crippen molar-refractivity contribution in [1.29, 1.82) is 0 Å². The molecule has 0 unspecified atom stereocenters. The third kappa shape index (κ3) is 2.88. The molecule has 3 rings (SSSR count). The zero-order chi connectivity index (χ0) is 14.7. The SMILES string of the molecule is NNC(=O)c1ccc(CSc2ncnc3ccccc23)o1. The van der Waals surface area contributed by atoms with Crippen LogP contribution < -0.4 is 11.3 Å². The van der Waals surface area contributed by atoms with E-state index in [9.17, 15) is 4.79 Å². The minimum absolute atomic E-state index is 0.195. The number of nitrogen functional groups attached to an aromatic ring is 1. The Morgan fingerprint density at radius 2 is 2.10 bits per heavy atom. The molecule has 106 valence electrons. The Labute approximate surface area is 124 Å². The van der Waals surface area contributed by atoms with Gasteiger partial charge in [0.15, 0.2) is 5.76 Å². The van der Waals surface area contributed by atoms with Crippen LogP contribution in [-0.4, -0.2) is 15.9 Å². The number of nitrogens with two attached hydrogens (primary N) is 1. The summed E-state index contributed by atoms with van der Waals surface area (Å²) in [6, 6.07) is 11.2. The summed E-state index contributed by atoms with van der Waals surface area (Å²) in [7, 11) is 0. The van der Waals surface area contributed by atoms with Crippen LogP contribution in [0.5, 0.6) is 0 Å². The summed E-state index contributed by atoms with van der Waals surface area (Å²) in [5, 5.41) is 1.87. The number of nitrogens with one attached hydrogen (secondary N) is 1. The molecule has 3 aromatic rings. The minimum Gasteiger partial charge on any atom is -0.455 e. The van der Waals surface area contributed by atoms with E-state index in [0.29, 0.717) is 11.5 Å². The summed E-state index contributed by atoms with van der Waals surface area (Å²) in [5.74, 6) is 6.06. The van der Waals surface area contributed by atoms with Crippen molar-refractivity contribution >= 4 is 28.6 Å². The molecule has 0 aliphatic heterocycles. The van der Waals surface area contributed by atoms with E-state index in [-0.39, 0.29) is 5.76 Å². The zero-order valence-electron chi connectivity index (χ0n) is 10.9. The van der Waals surface area contributed by atoms with Gasteiger partial charge in [0.2, 0.25) is 0 Å².